The Morgan fingerprint density at radius 2 is 1.94 bits per heavy atom. The van der Waals surface area contributed by atoms with Gasteiger partial charge in [0.15, 0.2) is 9.84 Å². The van der Waals surface area contributed by atoms with Crippen molar-refractivity contribution in [3.8, 4) is 0 Å². The number of benzene rings is 1. The van der Waals surface area contributed by atoms with Crippen LogP contribution in [0.25, 0.3) is 0 Å². The maximum absolute atomic E-state index is 11.9. The zero-order chi connectivity index (χ0) is 11.6. The fourth-order valence-electron chi connectivity index (χ4n) is 1.25. The first-order chi connectivity index (χ1) is 7.58. The minimum absolute atomic E-state index is 0.0826. The summed E-state index contributed by atoms with van der Waals surface area (Å²) in [5.41, 5.74) is 2.56. The Morgan fingerprint density at radius 3 is 2.50 bits per heavy atom. The first-order valence-electron chi connectivity index (χ1n) is 4.62. The topological polar surface area (TPSA) is 59.9 Å². The van der Waals surface area contributed by atoms with Crippen molar-refractivity contribution in [2.45, 2.75) is 17.6 Å². The fraction of sp³-hybridized carbons (Fsp3) is 0.200. The molecule has 2 rings (SSSR count). The normalized spacial score (nSPS) is 11.6. The number of aryl methyl sites for hydroxylation is 1. The van der Waals surface area contributed by atoms with Crippen LogP contribution in [0.1, 0.15) is 10.6 Å². The molecule has 0 fully saturated rings. The molecule has 1 aromatic carbocycles. The van der Waals surface area contributed by atoms with E-state index in [0.29, 0.717) is 9.90 Å². The van der Waals surface area contributed by atoms with Crippen molar-refractivity contribution in [3.05, 3.63) is 40.3 Å². The van der Waals surface area contributed by atoms with E-state index in [0.717, 1.165) is 5.56 Å². The summed E-state index contributed by atoms with van der Waals surface area (Å²) >= 11 is 1.25. The Bertz CT molecular complexity index is 559. The maximum atomic E-state index is 11.9. The van der Waals surface area contributed by atoms with Crippen molar-refractivity contribution in [1.29, 1.82) is 0 Å². The minimum atomic E-state index is -3.29. The SMILES string of the molecule is Cc1ccc(S(=O)(=O)Cc2nncs2)cc1. The molecule has 0 N–H and O–H groups in total. The van der Waals surface area contributed by atoms with Crippen LogP contribution in [0.5, 0.6) is 0 Å². The van der Waals surface area contributed by atoms with E-state index >= 15 is 0 Å². The molecule has 0 aliphatic rings. The summed E-state index contributed by atoms with van der Waals surface area (Å²) in [6, 6.07) is 6.80. The summed E-state index contributed by atoms with van der Waals surface area (Å²) in [4.78, 5) is 0.327. The van der Waals surface area contributed by atoms with Gasteiger partial charge in [0.05, 0.1) is 4.90 Å². The minimum Gasteiger partial charge on any atom is -0.223 e. The number of hydrogen-bond acceptors (Lipinski definition) is 5. The van der Waals surface area contributed by atoms with E-state index < -0.39 is 9.84 Å². The van der Waals surface area contributed by atoms with Crippen molar-refractivity contribution in [2.24, 2.45) is 0 Å². The Labute approximate surface area is 97.9 Å². The Morgan fingerprint density at radius 1 is 1.25 bits per heavy atom. The van der Waals surface area contributed by atoms with Crippen LogP contribution >= 0.6 is 11.3 Å². The highest BCUT2D eigenvalue weighted by Gasteiger charge is 2.16. The van der Waals surface area contributed by atoms with E-state index in [4.69, 9.17) is 0 Å². The van der Waals surface area contributed by atoms with Crippen LogP contribution < -0.4 is 0 Å². The smallest absolute Gasteiger partial charge is 0.184 e. The van der Waals surface area contributed by atoms with E-state index in [2.05, 4.69) is 10.2 Å². The van der Waals surface area contributed by atoms with Gasteiger partial charge in [-0.05, 0) is 19.1 Å². The molecule has 2 aromatic rings. The van der Waals surface area contributed by atoms with Gasteiger partial charge in [-0.15, -0.1) is 21.5 Å². The molecule has 0 saturated carbocycles. The fourth-order valence-corrected chi connectivity index (χ4v) is 3.40. The van der Waals surface area contributed by atoms with Crippen molar-refractivity contribution in [2.75, 3.05) is 0 Å². The van der Waals surface area contributed by atoms with Crippen molar-refractivity contribution >= 4 is 21.2 Å². The lowest BCUT2D eigenvalue weighted by atomic mass is 10.2. The molecule has 1 heterocycles. The van der Waals surface area contributed by atoms with Crippen molar-refractivity contribution < 1.29 is 8.42 Å². The molecule has 1 aromatic heterocycles. The number of aromatic nitrogens is 2. The van der Waals surface area contributed by atoms with Crippen LogP contribution in [0.2, 0.25) is 0 Å². The standard InChI is InChI=1S/C10H10N2O2S2/c1-8-2-4-9(5-3-8)16(13,14)6-10-12-11-7-15-10/h2-5,7H,6H2,1H3. The summed E-state index contributed by atoms with van der Waals surface area (Å²) < 4.78 is 23.9. The van der Waals surface area contributed by atoms with Gasteiger partial charge in [0.1, 0.15) is 16.3 Å². The molecule has 0 radical (unpaired) electrons. The quantitative estimate of drug-likeness (QED) is 0.838. The Kier molecular flexibility index (Phi) is 3.02. The van der Waals surface area contributed by atoms with Gasteiger partial charge in [0.2, 0.25) is 0 Å². The molecule has 0 bridgehead atoms. The van der Waals surface area contributed by atoms with Gasteiger partial charge in [-0.25, -0.2) is 8.42 Å². The lowest BCUT2D eigenvalue weighted by molar-refractivity contribution is 0.595. The molecule has 0 aliphatic carbocycles. The second-order valence-corrected chi connectivity index (χ2v) is 6.31. The summed E-state index contributed by atoms with van der Waals surface area (Å²) in [5, 5.41) is 7.87. The van der Waals surface area contributed by atoms with Crippen LogP contribution in [0.15, 0.2) is 34.7 Å². The maximum Gasteiger partial charge on any atom is 0.184 e. The molecular formula is C10H10N2O2S2. The van der Waals surface area contributed by atoms with Crippen molar-refractivity contribution in [3.63, 3.8) is 0 Å². The van der Waals surface area contributed by atoms with Gasteiger partial charge in [-0.3, -0.25) is 0 Å². The molecule has 6 heteroatoms. The van der Waals surface area contributed by atoms with Crippen LogP contribution in [-0.4, -0.2) is 18.6 Å². The van der Waals surface area contributed by atoms with Crippen LogP contribution in [0.4, 0.5) is 0 Å². The van der Waals surface area contributed by atoms with E-state index in [-0.39, 0.29) is 5.75 Å². The van der Waals surface area contributed by atoms with Gasteiger partial charge in [0, 0.05) is 0 Å². The number of sulfone groups is 1. The molecule has 0 saturated heterocycles. The largest absolute Gasteiger partial charge is 0.223 e. The third-order valence-corrected chi connectivity index (χ3v) is 4.62. The molecule has 0 aliphatic heterocycles. The molecule has 84 valence electrons. The zero-order valence-electron chi connectivity index (χ0n) is 8.62. The molecule has 0 atom stereocenters. The summed E-state index contributed by atoms with van der Waals surface area (Å²) in [6.07, 6.45) is 0. The zero-order valence-corrected chi connectivity index (χ0v) is 10.3. The average molecular weight is 254 g/mol. The third kappa shape index (κ3) is 2.45. The van der Waals surface area contributed by atoms with Crippen LogP contribution in [0.3, 0.4) is 0 Å². The lowest BCUT2D eigenvalue weighted by Crippen LogP contribution is -2.04. The van der Waals surface area contributed by atoms with Gasteiger partial charge in [-0.1, -0.05) is 17.7 Å². The van der Waals surface area contributed by atoms with E-state index in [1.54, 1.807) is 24.3 Å². The van der Waals surface area contributed by atoms with E-state index in [1.165, 1.54) is 16.8 Å². The lowest BCUT2D eigenvalue weighted by Gasteiger charge is -2.02. The van der Waals surface area contributed by atoms with E-state index in [9.17, 15) is 8.42 Å². The van der Waals surface area contributed by atoms with E-state index in [1.807, 2.05) is 6.92 Å². The van der Waals surface area contributed by atoms with Gasteiger partial charge in [0.25, 0.3) is 0 Å². The summed E-state index contributed by atoms with van der Waals surface area (Å²) in [7, 11) is -3.29. The predicted octanol–water partition coefficient (Wildman–Crippen LogP) is 1.82. The molecule has 16 heavy (non-hydrogen) atoms. The van der Waals surface area contributed by atoms with Crippen molar-refractivity contribution in [1.82, 2.24) is 10.2 Å². The van der Waals surface area contributed by atoms with Crippen LogP contribution in [-0.2, 0) is 15.6 Å². The Balaban J connectivity index is 2.29. The van der Waals surface area contributed by atoms with Gasteiger partial charge < -0.3 is 0 Å². The number of hydrogen-bond donors (Lipinski definition) is 0. The third-order valence-electron chi connectivity index (χ3n) is 2.10. The summed E-state index contributed by atoms with van der Waals surface area (Å²) in [6.45, 7) is 1.92. The first kappa shape index (κ1) is 11.2. The van der Waals surface area contributed by atoms with Gasteiger partial charge >= 0.3 is 0 Å². The highest BCUT2D eigenvalue weighted by Crippen LogP contribution is 2.17. The second kappa shape index (κ2) is 4.31. The summed E-state index contributed by atoms with van der Waals surface area (Å²) in [5.74, 6) is -0.0826. The molecule has 4 nitrogen and oxygen atoms in total. The molecule has 0 spiro atoms. The molecular weight excluding hydrogens is 244 g/mol. The Hall–Kier alpha value is -1.27. The number of rotatable bonds is 3. The highest BCUT2D eigenvalue weighted by atomic mass is 32.2. The molecule has 0 unspecified atom stereocenters. The first-order valence-corrected chi connectivity index (χ1v) is 7.15. The predicted molar refractivity (Wildman–Crippen MR) is 62.0 cm³/mol. The van der Waals surface area contributed by atoms with Crippen LogP contribution in [0, 0.1) is 6.92 Å². The highest BCUT2D eigenvalue weighted by molar-refractivity contribution is 7.90. The average Bonchev–Trinajstić information content (AvgIpc) is 2.70. The van der Waals surface area contributed by atoms with Gasteiger partial charge in [-0.2, -0.15) is 0 Å². The number of nitrogens with zero attached hydrogens (tertiary/aromatic N) is 2. The monoisotopic (exact) mass is 254 g/mol. The second-order valence-electron chi connectivity index (χ2n) is 3.40. The molecule has 0 amide bonds.